The molecular weight excluding hydrogens is 605 g/mol. The van der Waals surface area contributed by atoms with Crippen LogP contribution in [0.2, 0.25) is 0 Å². The molecule has 0 atom stereocenters. The van der Waals surface area contributed by atoms with E-state index in [0.29, 0.717) is 0 Å². The highest BCUT2D eigenvalue weighted by molar-refractivity contribution is 6.03. The smallest absolute Gasteiger partial charge is 0.0546 e. The van der Waals surface area contributed by atoms with Gasteiger partial charge in [0.15, 0.2) is 0 Å². The van der Waals surface area contributed by atoms with Crippen molar-refractivity contribution >= 4 is 66.4 Å². The maximum absolute atomic E-state index is 2.43. The van der Waals surface area contributed by atoms with Crippen LogP contribution in [0.3, 0.4) is 0 Å². The summed E-state index contributed by atoms with van der Waals surface area (Å²) in [4.78, 5) is 4.75. The third-order valence-electron chi connectivity index (χ3n) is 9.53. The summed E-state index contributed by atoms with van der Waals surface area (Å²) >= 11 is 0. The molecule has 50 heavy (non-hydrogen) atoms. The highest BCUT2D eigenvalue weighted by Gasteiger charge is 2.20. The first-order valence-electron chi connectivity index (χ1n) is 17.1. The minimum atomic E-state index is 1.08. The molecular formula is C48H34N2. The zero-order valence-electron chi connectivity index (χ0n) is 27.5. The zero-order valence-corrected chi connectivity index (χ0v) is 27.5. The van der Waals surface area contributed by atoms with Gasteiger partial charge in [-0.15, -0.1) is 0 Å². The van der Waals surface area contributed by atoms with E-state index in [0.717, 1.165) is 34.1 Å². The van der Waals surface area contributed by atoms with Crippen LogP contribution in [0.15, 0.2) is 206 Å². The van der Waals surface area contributed by atoms with E-state index in [1.165, 1.54) is 43.4 Å². The van der Waals surface area contributed by atoms with Crippen molar-refractivity contribution in [3.05, 3.63) is 206 Å². The number of hydrogen-bond acceptors (Lipinski definition) is 2. The van der Waals surface area contributed by atoms with Crippen molar-refractivity contribution in [3.63, 3.8) is 0 Å². The minimum absolute atomic E-state index is 1.08. The molecule has 0 saturated heterocycles. The number of anilines is 6. The number of hydrogen-bond donors (Lipinski definition) is 0. The van der Waals surface area contributed by atoms with Crippen LogP contribution >= 0.6 is 0 Å². The second-order valence-corrected chi connectivity index (χ2v) is 12.7. The molecule has 9 aromatic rings. The molecule has 0 aliphatic heterocycles. The average molecular weight is 639 g/mol. The first-order valence-corrected chi connectivity index (χ1v) is 17.1. The molecule has 0 amide bonds. The van der Waals surface area contributed by atoms with Gasteiger partial charge < -0.3 is 9.80 Å². The van der Waals surface area contributed by atoms with Gasteiger partial charge in [-0.25, -0.2) is 0 Å². The standard InChI is InChI=1S/C48H34N2/c1-3-19-42(20-4-1)49(43-21-5-2-6-22-43)44-23-13-24-45(34-44)50(46-29-28-36-15-8-10-17-38(36)32-46)48-33-41(31-40-18-11-12-25-47(40)48)39-27-26-35-14-7-9-16-37(35)30-39/h1-34H. The molecule has 2 nitrogen and oxygen atoms in total. The molecule has 0 N–H and O–H groups in total. The topological polar surface area (TPSA) is 6.48 Å². The Labute approximate surface area is 292 Å². The summed E-state index contributed by atoms with van der Waals surface area (Å²) in [6.45, 7) is 0. The molecule has 0 aliphatic rings. The van der Waals surface area contributed by atoms with Crippen molar-refractivity contribution in [1.29, 1.82) is 0 Å². The number of nitrogens with zero attached hydrogens (tertiary/aromatic N) is 2. The molecule has 9 rings (SSSR count). The van der Waals surface area contributed by atoms with E-state index in [1.54, 1.807) is 0 Å². The van der Waals surface area contributed by atoms with Gasteiger partial charge in [-0.2, -0.15) is 0 Å². The lowest BCUT2D eigenvalue weighted by Crippen LogP contribution is -2.13. The lowest BCUT2D eigenvalue weighted by Gasteiger charge is -2.30. The van der Waals surface area contributed by atoms with Crippen LogP contribution in [0, 0.1) is 0 Å². The van der Waals surface area contributed by atoms with E-state index in [9.17, 15) is 0 Å². The first kappa shape index (κ1) is 29.5. The second kappa shape index (κ2) is 12.8. The maximum atomic E-state index is 2.43. The van der Waals surface area contributed by atoms with Crippen LogP contribution in [-0.2, 0) is 0 Å². The van der Waals surface area contributed by atoms with E-state index in [2.05, 4.69) is 216 Å². The number of fused-ring (bicyclic) bond motifs is 3. The Balaban J connectivity index is 1.28. The molecule has 0 bridgehead atoms. The predicted octanol–water partition coefficient (Wildman–Crippen LogP) is 13.8. The summed E-state index contributed by atoms with van der Waals surface area (Å²) in [7, 11) is 0. The molecule has 0 fully saturated rings. The Kier molecular flexibility index (Phi) is 7.53. The summed E-state index contributed by atoms with van der Waals surface area (Å²) in [5.74, 6) is 0. The zero-order chi connectivity index (χ0) is 33.3. The molecule has 0 aromatic heterocycles. The Morgan fingerprint density at radius 2 is 0.720 bits per heavy atom. The maximum Gasteiger partial charge on any atom is 0.0546 e. The van der Waals surface area contributed by atoms with Crippen LogP contribution in [0.5, 0.6) is 0 Å². The van der Waals surface area contributed by atoms with Gasteiger partial charge in [0, 0.05) is 33.8 Å². The number of rotatable bonds is 7. The van der Waals surface area contributed by atoms with E-state index in [1.807, 2.05) is 0 Å². The molecule has 0 aliphatic carbocycles. The minimum Gasteiger partial charge on any atom is -0.310 e. The van der Waals surface area contributed by atoms with Gasteiger partial charge >= 0.3 is 0 Å². The fourth-order valence-corrected chi connectivity index (χ4v) is 7.13. The largest absolute Gasteiger partial charge is 0.310 e. The molecule has 0 unspecified atom stereocenters. The lowest BCUT2D eigenvalue weighted by molar-refractivity contribution is 1.26. The third kappa shape index (κ3) is 5.53. The number of benzene rings is 9. The van der Waals surface area contributed by atoms with Crippen molar-refractivity contribution < 1.29 is 0 Å². The van der Waals surface area contributed by atoms with Gasteiger partial charge in [0.25, 0.3) is 0 Å². The fraction of sp³-hybridized carbons (Fsp3) is 0. The molecule has 2 heteroatoms. The van der Waals surface area contributed by atoms with Gasteiger partial charge in [-0.05, 0) is 111 Å². The Bertz CT molecular complexity index is 2570. The molecule has 236 valence electrons. The molecule has 0 heterocycles. The van der Waals surface area contributed by atoms with Crippen LogP contribution in [-0.4, -0.2) is 0 Å². The van der Waals surface area contributed by atoms with Crippen LogP contribution in [0.1, 0.15) is 0 Å². The Morgan fingerprint density at radius 1 is 0.240 bits per heavy atom. The van der Waals surface area contributed by atoms with Crippen LogP contribution in [0.25, 0.3) is 43.4 Å². The number of para-hydroxylation sites is 2. The second-order valence-electron chi connectivity index (χ2n) is 12.7. The van der Waals surface area contributed by atoms with Crippen molar-refractivity contribution in [2.75, 3.05) is 9.80 Å². The van der Waals surface area contributed by atoms with Gasteiger partial charge in [0.2, 0.25) is 0 Å². The van der Waals surface area contributed by atoms with Gasteiger partial charge in [0.1, 0.15) is 0 Å². The van der Waals surface area contributed by atoms with Gasteiger partial charge in [-0.3, -0.25) is 0 Å². The quantitative estimate of drug-likeness (QED) is 0.171. The van der Waals surface area contributed by atoms with E-state index in [-0.39, 0.29) is 0 Å². The summed E-state index contributed by atoms with van der Waals surface area (Å²) in [6, 6.07) is 74.3. The van der Waals surface area contributed by atoms with Crippen molar-refractivity contribution in [2.24, 2.45) is 0 Å². The predicted molar refractivity (Wildman–Crippen MR) is 214 cm³/mol. The van der Waals surface area contributed by atoms with Gasteiger partial charge in [0.05, 0.1) is 5.69 Å². The monoisotopic (exact) mass is 638 g/mol. The van der Waals surface area contributed by atoms with E-state index in [4.69, 9.17) is 0 Å². The highest BCUT2D eigenvalue weighted by Crippen LogP contribution is 2.44. The van der Waals surface area contributed by atoms with Crippen LogP contribution in [0.4, 0.5) is 34.1 Å². The molecule has 9 aromatic carbocycles. The molecule has 0 radical (unpaired) electrons. The Morgan fingerprint density at radius 3 is 1.40 bits per heavy atom. The van der Waals surface area contributed by atoms with Crippen molar-refractivity contribution in [1.82, 2.24) is 0 Å². The summed E-state index contributed by atoms with van der Waals surface area (Å²) < 4.78 is 0. The SMILES string of the molecule is c1ccc(N(c2ccccc2)c2cccc(N(c3ccc4ccccc4c3)c3cc(-c4ccc5ccccc5c4)cc4ccccc34)c2)cc1. The van der Waals surface area contributed by atoms with Crippen molar-refractivity contribution in [3.8, 4) is 11.1 Å². The summed E-state index contributed by atoms with van der Waals surface area (Å²) in [5.41, 5.74) is 8.99. The van der Waals surface area contributed by atoms with E-state index < -0.39 is 0 Å². The summed E-state index contributed by atoms with van der Waals surface area (Å²) in [5, 5.41) is 7.30. The molecule has 0 saturated carbocycles. The average Bonchev–Trinajstić information content (AvgIpc) is 3.19. The normalized spacial score (nSPS) is 11.2. The van der Waals surface area contributed by atoms with Crippen LogP contribution < -0.4 is 9.80 Å². The van der Waals surface area contributed by atoms with E-state index >= 15 is 0 Å². The lowest BCUT2D eigenvalue weighted by atomic mass is 9.96. The Hall–Kier alpha value is -6.64. The highest BCUT2D eigenvalue weighted by atomic mass is 15.2. The third-order valence-corrected chi connectivity index (χ3v) is 9.53. The summed E-state index contributed by atoms with van der Waals surface area (Å²) in [6.07, 6.45) is 0. The fourth-order valence-electron chi connectivity index (χ4n) is 7.13. The van der Waals surface area contributed by atoms with Gasteiger partial charge in [-0.1, -0.05) is 133 Å². The van der Waals surface area contributed by atoms with Crippen molar-refractivity contribution in [2.45, 2.75) is 0 Å². The molecule has 0 spiro atoms. The first-order chi connectivity index (χ1) is 24.8.